The summed E-state index contributed by atoms with van der Waals surface area (Å²) < 4.78 is 11.2. The Morgan fingerprint density at radius 1 is 1.12 bits per heavy atom. The Kier molecular flexibility index (Phi) is 7.57. The third-order valence-corrected chi connectivity index (χ3v) is 6.16. The quantitative estimate of drug-likeness (QED) is 0.318. The molecule has 0 aliphatic heterocycles. The van der Waals surface area contributed by atoms with Gasteiger partial charge in [0.25, 0.3) is 0 Å². The van der Waals surface area contributed by atoms with E-state index in [1.165, 1.54) is 0 Å². The number of hydrogen-bond acceptors (Lipinski definition) is 4. The minimum absolute atomic E-state index is 0.0606. The van der Waals surface area contributed by atoms with Crippen LogP contribution in [0.4, 0.5) is 4.79 Å². The highest BCUT2D eigenvalue weighted by Gasteiger charge is 2.34. The Balaban J connectivity index is 1.98. The minimum Gasteiger partial charge on any atom is -0.473 e. The fourth-order valence-corrected chi connectivity index (χ4v) is 4.29. The van der Waals surface area contributed by atoms with Crippen LogP contribution in [0.15, 0.2) is 36.4 Å². The van der Waals surface area contributed by atoms with Gasteiger partial charge in [0.15, 0.2) is 6.73 Å². The van der Waals surface area contributed by atoms with Crippen LogP contribution in [0.1, 0.15) is 62.3 Å². The van der Waals surface area contributed by atoms with Gasteiger partial charge in [-0.1, -0.05) is 35.3 Å². The molecular weight excluding hydrogens is 451 g/mol. The molecule has 2 amide bonds. The maximum atomic E-state index is 12.8. The topological polar surface area (TPSA) is 67.9 Å². The zero-order chi connectivity index (χ0) is 23.5. The fraction of sp³-hybridized carbons (Fsp3) is 0.417. The number of carbonyl (C=O) groups is 2. The lowest BCUT2D eigenvalue weighted by Crippen LogP contribution is -2.38. The number of halogens is 2. The van der Waals surface area contributed by atoms with Crippen molar-refractivity contribution in [3.63, 3.8) is 0 Å². The van der Waals surface area contributed by atoms with E-state index in [4.69, 9.17) is 32.7 Å². The molecule has 1 aliphatic carbocycles. The monoisotopic (exact) mass is 478 g/mol. The average Bonchev–Trinajstić information content (AvgIpc) is 2.73. The number of nitrogens with one attached hydrogen (secondary N) is 1. The molecule has 0 saturated carbocycles. The number of fused-ring (bicyclic) bond motifs is 1. The van der Waals surface area contributed by atoms with Crippen LogP contribution in [-0.2, 0) is 9.53 Å². The first-order valence-electron chi connectivity index (χ1n) is 10.4. The molecule has 0 radical (unpaired) electrons. The summed E-state index contributed by atoms with van der Waals surface area (Å²) in [5, 5.41) is 3.51. The molecule has 0 fully saturated rings. The van der Waals surface area contributed by atoms with E-state index in [-0.39, 0.29) is 24.8 Å². The van der Waals surface area contributed by atoms with Crippen molar-refractivity contribution in [2.45, 2.75) is 51.2 Å². The van der Waals surface area contributed by atoms with Gasteiger partial charge >= 0.3 is 6.09 Å². The van der Waals surface area contributed by atoms with Gasteiger partial charge in [0.2, 0.25) is 6.41 Å². The highest BCUT2D eigenvalue weighted by Crippen LogP contribution is 2.45. The normalized spacial score (nSPS) is 17.8. The largest absolute Gasteiger partial charge is 0.473 e. The van der Waals surface area contributed by atoms with Crippen molar-refractivity contribution in [1.29, 1.82) is 0 Å². The van der Waals surface area contributed by atoms with Gasteiger partial charge in [0.1, 0.15) is 11.4 Å². The molecule has 0 aromatic heterocycles. The molecule has 2 atom stereocenters. The van der Waals surface area contributed by atoms with Gasteiger partial charge in [-0.05, 0) is 74.6 Å². The van der Waals surface area contributed by atoms with Gasteiger partial charge in [-0.25, -0.2) is 4.79 Å². The van der Waals surface area contributed by atoms with Crippen molar-refractivity contribution in [3.8, 4) is 5.75 Å². The van der Waals surface area contributed by atoms with Gasteiger partial charge in [-0.2, -0.15) is 0 Å². The van der Waals surface area contributed by atoms with Crippen LogP contribution in [0.3, 0.4) is 0 Å². The van der Waals surface area contributed by atoms with E-state index < -0.39 is 5.60 Å². The molecule has 6 nitrogen and oxygen atoms in total. The maximum Gasteiger partial charge on any atom is 0.410 e. The fourth-order valence-electron chi connectivity index (χ4n) is 3.98. The summed E-state index contributed by atoms with van der Waals surface area (Å²) in [7, 11) is 1.75. The summed E-state index contributed by atoms with van der Waals surface area (Å²) in [6.07, 6.45) is 1.77. The van der Waals surface area contributed by atoms with Crippen molar-refractivity contribution in [2.24, 2.45) is 0 Å². The van der Waals surface area contributed by atoms with Crippen molar-refractivity contribution >= 4 is 35.7 Å². The van der Waals surface area contributed by atoms with E-state index in [0.29, 0.717) is 22.2 Å². The van der Waals surface area contributed by atoms with Crippen molar-refractivity contribution in [1.82, 2.24) is 10.2 Å². The second kappa shape index (κ2) is 10.0. The number of benzene rings is 2. The highest BCUT2D eigenvalue weighted by molar-refractivity contribution is 6.42. The molecular formula is C24H28Cl2N2O4. The van der Waals surface area contributed by atoms with Crippen LogP contribution in [0, 0.1) is 0 Å². The van der Waals surface area contributed by atoms with Crippen molar-refractivity contribution in [2.75, 3.05) is 13.8 Å². The number of rotatable bonds is 6. The summed E-state index contributed by atoms with van der Waals surface area (Å²) in [6.45, 7) is 5.60. The van der Waals surface area contributed by atoms with E-state index in [9.17, 15) is 9.59 Å². The molecule has 1 aliphatic rings. The number of ether oxygens (including phenoxy) is 2. The average molecular weight is 479 g/mol. The first-order valence-corrected chi connectivity index (χ1v) is 11.2. The molecule has 2 aromatic carbocycles. The molecule has 0 heterocycles. The highest BCUT2D eigenvalue weighted by atomic mass is 35.5. The van der Waals surface area contributed by atoms with E-state index in [0.717, 1.165) is 29.5 Å². The third kappa shape index (κ3) is 5.67. The zero-order valence-corrected chi connectivity index (χ0v) is 20.2. The lowest BCUT2D eigenvalue weighted by atomic mass is 9.76. The smallest absolute Gasteiger partial charge is 0.410 e. The number of amides is 2. The van der Waals surface area contributed by atoms with Crippen molar-refractivity contribution < 1.29 is 19.1 Å². The predicted molar refractivity (Wildman–Crippen MR) is 125 cm³/mol. The van der Waals surface area contributed by atoms with E-state index in [1.54, 1.807) is 18.0 Å². The number of hydrogen-bond donors (Lipinski definition) is 1. The molecule has 0 bridgehead atoms. The number of nitrogens with zero attached hydrogens (tertiary/aromatic N) is 1. The summed E-state index contributed by atoms with van der Waals surface area (Å²) in [5.41, 5.74) is 2.54. The van der Waals surface area contributed by atoms with E-state index in [1.807, 2.05) is 51.1 Å². The van der Waals surface area contributed by atoms with Crippen LogP contribution >= 0.6 is 23.2 Å². The summed E-state index contributed by atoms with van der Waals surface area (Å²) in [4.78, 5) is 25.0. The minimum atomic E-state index is -0.586. The Labute approximate surface area is 198 Å². The molecule has 8 heteroatoms. The molecule has 2 aromatic rings. The lowest BCUT2D eigenvalue weighted by Gasteiger charge is -2.37. The maximum absolute atomic E-state index is 12.8. The van der Waals surface area contributed by atoms with Crippen molar-refractivity contribution in [3.05, 3.63) is 63.1 Å². The second-order valence-corrected chi connectivity index (χ2v) is 9.63. The summed E-state index contributed by atoms with van der Waals surface area (Å²) in [6, 6.07) is 11.3. The van der Waals surface area contributed by atoms with Gasteiger partial charge in [0, 0.05) is 13.0 Å². The molecule has 0 unspecified atom stereocenters. The van der Waals surface area contributed by atoms with Crippen LogP contribution in [-0.4, -0.2) is 36.8 Å². The van der Waals surface area contributed by atoms with Gasteiger partial charge in [-0.15, -0.1) is 0 Å². The van der Waals surface area contributed by atoms with Crippen LogP contribution < -0.4 is 10.1 Å². The van der Waals surface area contributed by atoms with E-state index in [2.05, 4.69) is 5.32 Å². The second-order valence-electron chi connectivity index (χ2n) is 8.81. The Morgan fingerprint density at radius 2 is 1.88 bits per heavy atom. The van der Waals surface area contributed by atoms with Gasteiger partial charge in [0.05, 0.1) is 16.1 Å². The van der Waals surface area contributed by atoms with Crippen LogP contribution in [0.25, 0.3) is 0 Å². The van der Waals surface area contributed by atoms with Gasteiger partial charge in [-0.3, -0.25) is 4.79 Å². The summed E-state index contributed by atoms with van der Waals surface area (Å²) >= 11 is 12.4. The van der Waals surface area contributed by atoms with E-state index >= 15 is 0 Å². The van der Waals surface area contributed by atoms with Gasteiger partial charge < -0.3 is 19.7 Å². The molecule has 1 N–H and O–H groups in total. The first kappa shape index (κ1) is 24.2. The SMILES string of the molecule is CN(C(=O)OC(C)(C)C)[C@H]1CC[C@@H](c2ccc(Cl)c(Cl)c2)c2ccc(OCNC=O)cc21. The first-order chi connectivity index (χ1) is 15.1. The summed E-state index contributed by atoms with van der Waals surface area (Å²) in [5.74, 6) is 0.709. The lowest BCUT2D eigenvalue weighted by molar-refractivity contribution is -0.110. The third-order valence-electron chi connectivity index (χ3n) is 5.42. The Hall–Kier alpha value is -2.44. The number of carbonyl (C=O) groups excluding carboxylic acids is 2. The molecule has 3 rings (SSSR count). The molecule has 0 spiro atoms. The van der Waals surface area contributed by atoms with Crippen LogP contribution in [0.2, 0.25) is 10.0 Å². The Bertz CT molecular complexity index is 990. The predicted octanol–water partition coefficient (Wildman–Crippen LogP) is 5.91. The molecule has 32 heavy (non-hydrogen) atoms. The van der Waals surface area contributed by atoms with Crippen LogP contribution in [0.5, 0.6) is 5.75 Å². The Morgan fingerprint density at radius 3 is 2.53 bits per heavy atom. The standard InChI is InChI=1S/C24H28Cl2N2O4/c1-24(2,3)32-23(30)28(4)22-10-8-17(15-5-9-20(25)21(26)11-15)18-7-6-16(12-19(18)22)31-14-27-13-29/h5-7,9,11-13,17,22H,8,10,14H2,1-4H3,(H,27,29)/t17-,22-/m0/s1. The zero-order valence-electron chi connectivity index (χ0n) is 18.7. The molecule has 0 saturated heterocycles. The molecule has 172 valence electrons.